The standard InChI is InChI=1S/C9H7ClF2O2/c10-4-3-5(11)8(13)6(7(4)12)9(14)1-2-9/h3,13-14H,1-2H2. The molecule has 0 spiro atoms. The number of benzene rings is 1. The molecule has 5 heteroatoms. The number of phenols is 1. The molecule has 0 bridgehead atoms. The van der Waals surface area contributed by atoms with Gasteiger partial charge in [-0.3, -0.25) is 0 Å². The molecule has 0 aromatic heterocycles. The van der Waals surface area contributed by atoms with Gasteiger partial charge in [0.1, 0.15) is 0 Å². The first-order valence-electron chi connectivity index (χ1n) is 4.05. The molecule has 1 aromatic rings. The van der Waals surface area contributed by atoms with E-state index in [9.17, 15) is 19.0 Å². The van der Waals surface area contributed by atoms with Gasteiger partial charge in [0.25, 0.3) is 0 Å². The van der Waals surface area contributed by atoms with E-state index in [2.05, 4.69) is 0 Å². The number of phenolic OH excluding ortho intramolecular Hbond substituents is 1. The summed E-state index contributed by atoms with van der Waals surface area (Å²) < 4.78 is 26.3. The van der Waals surface area contributed by atoms with Crippen LogP contribution in [0.1, 0.15) is 18.4 Å². The Hall–Kier alpha value is -0.870. The van der Waals surface area contributed by atoms with Gasteiger partial charge in [0.2, 0.25) is 0 Å². The summed E-state index contributed by atoms with van der Waals surface area (Å²) in [6.45, 7) is 0. The van der Waals surface area contributed by atoms with Crippen LogP contribution in [0.3, 0.4) is 0 Å². The van der Waals surface area contributed by atoms with Crippen molar-refractivity contribution in [2.45, 2.75) is 18.4 Å². The molecule has 0 heterocycles. The molecule has 2 nitrogen and oxygen atoms in total. The first-order valence-corrected chi connectivity index (χ1v) is 4.43. The number of hydrogen-bond acceptors (Lipinski definition) is 2. The van der Waals surface area contributed by atoms with E-state index >= 15 is 0 Å². The number of rotatable bonds is 1. The molecule has 0 aliphatic heterocycles. The van der Waals surface area contributed by atoms with Crippen molar-refractivity contribution in [3.8, 4) is 5.75 Å². The van der Waals surface area contributed by atoms with Gasteiger partial charge < -0.3 is 10.2 Å². The van der Waals surface area contributed by atoms with Gasteiger partial charge in [-0.25, -0.2) is 8.78 Å². The molecule has 1 aromatic carbocycles. The summed E-state index contributed by atoms with van der Waals surface area (Å²) in [5.41, 5.74) is -1.87. The smallest absolute Gasteiger partial charge is 0.166 e. The molecular formula is C9H7ClF2O2. The topological polar surface area (TPSA) is 40.5 Å². The number of aromatic hydroxyl groups is 1. The van der Waals surface area contributed by atoms with Crippen LogP contribution in [0.4, 0.5) is 8.78 Å². The Morgan fingerprint density at radius 1 is 1.36 bits per heavy atom. The third-order valence-electron chi connectivity index (χ3n) is 2.33. The van der Waals surface area contributed by atoms with E-state index < -0.39 is 33.6 Å². The van der Waals surface area contributed by atoms with Crippen molar-refractivity contribution in [1.82, 2.24) is 0 Å². The van der Waals surface area contributed by atoms with Crippen LogP contribution in [-0.4, -0.2) is 10.2 Å². The van der Waals surface area contributed by atoms with Gasteiger partial charge in [-0.1, -0.05) is 11.6 Å². The SMILES string of the molecule is Oc1c(F)cc(Cl)c(F)c1C1(O)CC1. The van der Waals surface area contributed by atoms with E-state index in [1.165, 1.54) is 0 Å². The van der Waals surface area contributed by atoms with Crippen molar-refractivity contribution >= 4 is 11.6 Å². The molecule has 1 fully saturated rings. The van der Waals surface area contributed by atoms with E-state index in [1.54, 1.807) is 0 Å². The van der Waals surface area contributed by atoms with Crippen LogP contribution in [0.25, 0.3) is 0 Å². The maximum atomic E-state index is 13.4. The lowest BCUT2D eigenvalue weighted by Gasteiger charge is -2.12. The van der Waals surface area contributed by atoms with Gasteiger partial charge in [0.15, 0.2) is 17.4 Å². The Kier molecular flexibility index (Phi) is 1.94. The zero-order valence-electron chi connectivity index (χ0n) is 7.02. The molecule has 14 heavy (non-hydrogen) atoms. The maximum absolute atomic E-state index is 13.4. The van der Waals surface area contributed by atoms with Gasteiger partial charge in [0, 0.05) is 0 Å². The Balaban J connectivity index is 2.68. The Morgan fingerprint density at radius 3 is 2.43 bits per heavy atom. The lowest BCUT2D eigenvalue weighted by atomic mass is 10.1. The molecule has 0 radical (unpaired) electrons. The molecule has 2 rings (SSSR count). The van der Waals surface area contributed by atoms with Crippen molar-refractivity contribution in [2.75, 3.05) is 0 Å². The van der Waals surface area contributed by atoms with Gasteiger partial charge in [-0.05, 0) is 18.9 Å². The van der Waals surface area contributed by atoms with Gasteiger partial charge in [-0.2, -0.15) is 0 Å². The summed E-state index contributed by atoms with van der Waals surface area (Å²) in [7, 11) is 0. The Morgan fingerprint density at radius 2 is 1.93 bits per heavy atom. The molecule has 1 aliphatic rings. The Bertz CT molecular complexity index is 376. The Labute approximate surface area is 83.7 Å². The second-order valence-electron chi connectivity index (χ2n) is 3.41. The monoisotopic (exact) mass is 220 g/mol. The summed E-state index contributed by atoms with van der Waals surface area (Å²) in [4.78, 5) is 0. The average Bonchev–Trinajstić information content (AvgIpc) is 2.81. The second kappa shape index (κ2) is 2.81. The quantitative estimate of drug-likeness (QED) is 0.713. The molecule has 0 amide bonds. The normalized spacial score (nSPS) is 18.3. The summed E-state index contributed by atoms with van der Waals surface area (Å²) in [6.07, 6.45) is 0.606. The fourth-order valence-electron chi connectivity index (χ4n) is 1.38. The number of aliphatic hydroxyl groups is 1. The highest BCUT2D eigenvalue weighted by Crippen LogP contribution is 2.51. The largest absolute Gasteiger partial charge is 0.504 e. The molecule has 1 aliphatic carbocycles. The molecule has 76 valence electrons. The zero-order valence-corrected chi connectivity index (χ0v) is 7.78. The van der Waals surface area contributed by atoms with Crippen molar-refractivity contribution in [3.05, 3.63) is 28.3 Å². The molecular weight excluding hydrogens is 214 g/mol. The predicted molar refractivity (Wildman–Crippen MR) is 46.2 cm³/mol. The zero-order chi connectivity index (χ0) is 10.5. The van der Waals surface area contributed by atoms with Gasteiger partial charge in [0.05, 0.1) is 16.2 Å². The fourth-order valence-corrected chi connectivity index (χ4v) is 1.57. The minimum atomic E-state index is -1.44. The summed E-state index contributed by atoms with van der Waals surface area (Å²) in [6, 6.07) is 0.682. The average molecular weight is 221 g/mol. The van der Waals surface area contributed by atoms with Crippen molar-refractivity contribution in [2.24, 2.45) is 0 Å². The van der Waals surface area contributed by atoms with Crippen LogP contribution in [0.2, 0.25) is 5.02 Å². The lowest BCUT2D eigenvalue weighted by molar-refractivity contribution is 0.141. The number of halogens is 3. The van der Waals surface area contributed by atoms with Crippen molar-refractivity contribution < 1.29 is 19.0 Å². The van der Waals surface area contributed by atoms with Crippen LogP contribution in [-0.2, 0) is 5.60 Å². The molecule has 0 unspecified atom stereocenters. The van der Waals surface area contributed by atoms with E-state index in [4.69, 9.17) is 11.6 Å². The first-order chi connectivity index (χ1) is 6.46. The lowest BCUT2D eigenvalue weighted by Crippen LogP contribution is -2.09. The van der Waals surface area contributed by atoms with Crippen molar-refractivity contribution in [3.63, 3.8) is 0 Å². The van der Waals surface area contributed by atoms with Crippen LogP contribution < -0.4 is 0 Å². The highest BCUT2D eigenvalue weighted by Gasteiger charge is 2.47. The highest BCUT2D eigenvalue weighted by atomic mass is 35.5. The highest BCUT2D eigenvalue weighted by molar-refractivity contribution is 6.30. The summed E-state index contributed by atoms with van der Waals surface area (Å²) in [5, 5.41) is 18.4. The maximum Gasteiger partial charge on any atom is 0.166 e. The third kappa shape index (κ3) is 1.26. The van der Waals surface area contributed by atoms with Gasteiger partial charge >= 0.3 is 0 Å². The minimum Gasteiger partial charge on any atom is -0.504 e. The summed E-state index contributed by atoms with van der Waals surface area (Å²) in [5.74, 6) is -2.83. The van der Waals surface area contributed by atoms with E-state index in [0.717, 1.165) is 0 Å². The summed E-state index contributed by atoms with van der Waals surface area (Å²) >= 11 is 5.39. The molecule has 1 saturated carbocycles. The molecule has 2 N–H and O–H groups in total. The third-order valence-corrected chi connectivity index (χ3v) is 2.61. The second-order valence-corrected chi connectivity index (χ2v) is 3.82. The van der Waals surface area contributed by atoms with E-state index in [0.29, 0.717) is 18.9 Å². The van der Waals surface area contributed by atoms with E-state index in [1.807, 2.05) is 0 Å². The van der Waals surface area contributed by atoms with Crippen molar-refractivity contribution in [1.29, 1.82) is 0 Å². The van der Waals surface area contributed by atoms with Gasteiger partial charge in [-0.15, -0.1) is 0 Å². The molecule has 0 saturated heterocycles. The predicted octanol–water partition coefficient (Wildman–Crippen LogP) is 2.31. The van der Waals surface area contributed by atoms with Crippen LogP contribution in [0, 0.1) is 11.6 Å². The van der Waals surface area contributed by atoms with Crippen LogP contribution in [0.15, 0.2) is 6.07 Å². The number of hydrogen-bond donors (Lipinski definition) is 2. The molecule has 0 atom stereocenters. The van der Waals surface area contributed by atoms with Crippen LogP contribution >= 0.6 is 11.6 Å². The first kappa shape index (κ1) is 9.68. The van der Waals surface area contributed by atoms with Crippen LogP contribution in [0.5, 0.6) is 5.75 Å². The fraction of sp³-hybridized carbons (Fsp3) is 0.333. The minimum absolute atomic E-state index is 0.303. The van der Waals surface area contributed by atoms with E-state index in [-0.39, 0.29) is 0 Å².